The van der Waals surface area contributed by atoms with E-state index in [2.05, 4.69) is 307 Å². The predicted molar refractivity (Wildman–Crippen MR) is 340 cm³/mol. The van der Waals surface area contributed by atoms with E-state index in [1.165, 1.54) is 121 Å². The van der Waals surface area contributed by atoms with Gasteiger partial charge in [0.2, 0.25) is 0 Å². The van der Waals surface area contributed by atoms with Crippen molar-refractivity contribution in [2.24, 2.45) is 0 Å². The average molecular weight is 1020 g/mol. The molecule has 80 heavy (non-hydrogen) atoms. The molecule has 0 amide bonds. The molecule has 0 atom stereocenters. The summed E-state index contributed by atoms with van der Waals surface area (Å²) in [5.41, 5.74) is 28.7. The Morgan fingerprint density at radius 3 is 1.00 bits per heavy atom. The molecule has 14 aromatic rings. The van der Waals surface area contributed by atoms with Crippen molar-refractivity contribution in [3.05, 3.63) is 284 Å². The molecule has 5 heteroatoms. The lowest BCUT2D eigenvalue weighted by Crippen LogP contribution is -2.61. The van der Waals surface area contributed by atoms with Gasteiger partial charge in [-0.25, -0.2) is 0 Å². The minimum atomic E-state index is -0.113. The number of hydrogen-bond acceptors (Lipinski definition) is 2. The molecule has 0 unspecified atom stereocenters. The van der Waals surface area contributed by atoms with Gasteiger partial charge in [-0.1, -0.05) is 188 Å². The van der Waals surface area contributed by atoms with E-state index in [-0.39, 0.29) is 6.71 Å². The van der Waals surface area contributed by atoms with Crippen LogP contribution in [0, 0.1) is 20.8 Å². The molecule has 0 radical (unpaired) electrons. The highest BCUT2D eigenvalue weighted by Crippen LogP contribution is 2.49. The maximum Gasteiger partial charge on any atom is 0.252 e. The zero-order chi connectivity index (χ0) is 53.2. The highest BCUT2D eigenvalue weighted by atomic mass is 15.2. The van der Waals surface area contributed by atoms with E-state index in [1.54, 1.807) is 0 Å². The first-order valence-electron chi connectivity index (χ1n) is 27.9. The van der Waals surface area contributed by atoms with Gasteiger partial charge in [0.25, 0.3) is 6.71 Å². The van der Waals surface area contributed by atoms with E-state index in [4.69, 9.17) is 0 Å². The smallest absolute Gasteiger partial charge is 0.252 e. The molecule has 2 aliphatic rings. The number of para-hydroxylation sites is 4. The maximum absolute atomic E-state index is 2.58. The Morgan fingerprint density at radius 2 is 0.613 bits per heavy atom. The number of aryl methyl sites for hydroxylation is 3. The molecule has 0 spiro atoms. The molecular formula is C75H53BN4. The van der Waals surface area contributed by atoms with Crippen LogP contribution in [-0.4, -0.2) is 15.8 Å². The first kappa shape index (κ1) is 46.0. The monoisotopic (exact) mass is 1020 g/mol. The average Bonchev–Trinajstić information content (AvgIpc) is 4.15. The van der Waals surface area contributed by atoms with Crippen LogP contribution < -0.4 is 26.2 Å². The van der Waals surface area contributed by atoms with Crippen LogP contribution in [0.2, 0.25) is 0 Å². The van der Waals surface area contributed by atoms with Gasteiger partial charge in [-0.3, -0.25) is 0 Å². The lowest BCUT2D eigenvalue weighted by Gasteiger charge is -2.45. The summed E-state index contributed by atoms with van der Waals surface area (Å²) in [6.45, 7) is 6.66. The van der Waals surface area contributed by atoms with Gasteiger partial charge < -0.3 is 18.9 Å². The van der Waals surface area contributed by atoms with Crippen molar-refractivity contribution >= 4 is 101 Å². The molecule has 0 aliphatic carbocycles. The zero-order valence-electron chi connectivity index (χ0n) is 44.8. The van der Waals surface area contributed by atoms with Crippen LogP contribution >= 0.6 is 0 Å². The van der Waals surface area contributed by atoms with Gasteiger partial charge in [0.1, 0.15) is 0 Å². The molecule has 2 aromatic heterocycles. The van der Waals surface area contributed by atoms with Crippen molar-refractivity contribution < 1.29 is 0 Å². The summed E-state index contributed by atoms with van der Waals surface area (Å²) in [4.78, 5) is 5.15. The quantitative estimate of drug-likeness (QED) is 0.148. The largest absolute Gasteiger partial charge is 0.311 e. The Hall–Kier alpha value is -10.1. The van der Waals surface area contributed by atoms with Crippen molar-refractivity contribution in [3.8, 4) is 44.8 Å². The molecule has 2 aliphatic heterocycles. The normalized spacial score (nSPS) is 12.6. The van der Waals surface area contributed by atoms with Crippen molar-refractivity contribution in [2.75, 3.05) is 9.80 Å². The molecule has 0 saturated heterocycles. The fraction of sp³-hybridized carbons (Fsp3) is 0.0400. The predicted octanol–water partition coefficient (Wildman–Crippen LogP) is 17.9. The summed E-state index contributed by atoms with van der Waals surface area (Å²) in [5.74, 6) is 0. The molecule has 0 bridgehead atoms. The third kappa shape index (κ3) is 7.03. The minimum absolute atomic E-state index is 0.113. The van der Waals surface area contributed by atoms with Crippen LogP contribution in [-0.2, 0) is 0 Å². The van der Waals surface area contributed by atoms with Crippen molar-refractivity contribution in [3.63, 3.8) is 0 Å². The summed E-state index contributed by atoms with van der Waals surface area (Å²) < 4.78 is 4.93. The van der Waals surface area contributed by atoms with Crippen molar-refractivity contribution in [1.29, 1.82) is 0 Å². The molecule has 0 N–H and O–H groups in total. The Bertz CT molecular complexity index is 4400. The van der Waals surface area contributed by atoms with E-state index < -0.39 is 0 Å². The summed E-state index contributed by atoms with van der Waals surface area (Å²) in [5, 5.41) is 4.98. The van der Waals surface area contributed by atoms with Gasteiger partial charge in [0.15, 0.2) is 0 Å². The SMILES string of the molecule is Cc1cc(C)c(-c2cc3c4c(c2)N(c2ccc(-c5ccccc5)cc2)c2cc(-n5c6ccccc6c6ccccc65)ccc2B4c2ccc(-n4c5ccccc5c5ccccc54)cc2N3c2ccc(-c3ccccc3)cc2)c(C)c1. The number of benzene rings is 12. The Labute approximate surface area is 466 Å². The van der Waals surface area contributed by atoms with Crippen LogP contribution in [0.3, 0.4) is 0 Å². The van der Waals surface area contributed by atoms with E-state index in [9.17, 15) is 0 Å². The highest BCUT2D eigenvalue weighted by molar-refractivity contribution is 7.00. The Balaban J connectivity index is 1.01. The number of anilines is 6. The van der Waals surface area contributed by atoms with Crippen LogP contribution in [0.1, 0.15) is 16.7 Å². The molecular weight excluding hydrogens is 968 g/mol. The first-order valence-corrected chi connectivity index (χ1v) is 27.9. The summed E-state index contributed by atoms with van der Waals surface area (Å²) in [7, 11) is 0. The maximum atomic E-state index is 2.58. The number of aromatic nitrogens is 2. The first-order chi connectivity index (χ1) is 39.4. The lowest BCUT2D eigenvalue weighted by atomic mass is 9.33. The van der Waals surface area contributed by atoms with E-state index in [0.29, 0.717) is 0 Å². The third-order valence-corrected chi connectivity index (χ3v) is 17.1. The van der Waals surface area contributed by atoms with E-state index in [0.717, 1.165) is 34.1 Å². The van der Waals surface area contributed by atoms with Gasteiger partial charge in [-0.05, 0) is 167 Å². The second-order valence-electron chi connectivity index (χ2n) is 21.9. The third-order valence-electron chi connectivity index (χ3n) is 17.1. The van der Waals surface area contributed by atoms with Crippen LogP contribution in [0.25, 0.3) is 88.4 Å². The van der Waals surface area contributed by atoms with Crippen LogP contribution in [0.5, 0.6) is 0 Å². The van der Waals surface area contributed by atoms with Gasteiger partial charge in [0.05, 0.1) is 22.1 Å². The second kappa shape index (κ2) is 18.0. The minimum Gasteiger partial charge on any atom is -0.311 e. The molecule has 0 saturated carbocycles. The summed E-state index contributed by atoms with van der Waals surface area (Å²) in [6, 6.07) is 99.6. The van der Waals surface area contributed by atoms with Crippen LogP contribution in [0.4, 0.5) is 34.1 Å². The van der Waals surface area contributed by atoms with Crippen LogP contribution in [0.15, 0.2) is 267 Å². The fourth-order valence-corrected chi connectivity index (χ4v) is 13.8. The highest BCUT2D eigenvalue weighted by Gasteiger charge is 2.44. The molecule has 16 rings (SSSR count). The van der Waals surface area contributed by atoms with Crippen molar-refractivity contribution in [2.45, 2.75) is 20.8 Å². The van der Waals surface area contributed by atoms with E-state index in [1.807, 2.05) is 0 Å². The Kier molecular flexibility index (Phi) is 10.4. The van der Waals surface area contributed by atoms with E-state index >= 15 is 0 Å². The molecule has 0 fully saturated rings. The number of nitrogens with zero attached hydrogens (tertiary/aromatic N) is 4. The molecule has 376 valence electrons. The summed E-state index contributed by atoms with van der Waals surface area (Å²) in [6.07, 6.45) is 0. The topological polar surface area (TPSA) is 16.3 Å². The molecule has 12 aromatic carbocycles. The zero-order valence-corrected chi connectivity index (χ0v) is 44.8. The lowest BCUT2D eigenvalue weighted by molar-refractivity contribution is 1.17. The van der Waals surface area contributed by atoms with Gasteiger partial charge in [-0.2, -0.15) is 0 Å². The van der Waals surface area contributed by atoms with Gasteiger partial charge in [0, 0.05) is 67.0 Å². The summed E-state index contributed by atoms with van der Waals surface area (Å²) >= 11 is 0. The second-order valence-corrected chi connectivity index (χ2v) is 21.9. The van der Waals surface area contributed by atoms with Crippen molar-refractivity contribution in [1.82, 2.24) is 9.13 Å². The standard InChI is InChI=1S/C75H53BN4/c1-48-42-49(2)74(50(3)43-48)55-44-72-75-73(45-55)78(57-36-32-54(33-37-57)52-20-8-5-9-21-52)71-47-59(80-68-28-16-12-24-62(68)63-25-13-17-29-69(63)80)39-41-65(71)76(75)64-40-38-58(79-66-26-14-10-22-60(66)61-23-11-15-27-67(61)79)46-70(64)77(72)56-34-30-53(31-35-56)51-18-6-4-7-19-51/h4-47H,1-3H3. The van der Waals surface area contributed by atoms with Gasteiger partial charge >= 0.3 is 0 Å². The Morgan fingerprint density at radius 1 is 0.275 bits per heavy atom. The van der Waals surface area contributed by atoms with Gasteiger partial charge in [-0.15, -0.1) is 0 Å². The number of rotatable bonds is 7. The number of fused-ring (bicyclic) bond motifs is 10. The fourth-order valence-electron chi connectivity index (χ4n) is 13.8. The number of hydrogen-bond donors (Lipinski definition) is 0. The molecule has 4 nitrogen and oxygen atoms in total. The molecule has 4 heterocycles.